The van der Waals surface area contributed by atoms with Crippen LogP contribution in [0, 0.1) is 5.92 Å². The third-order valence-corrected chi connectivity index (χ3v) is 3.48. The Morgan fingerprint density at radius 3 is 2.42 bits per heavy atom. The maximum Gasteiger partial charge on any atom is 0.410 e. The molecule has 4 heteroatoms. The summed E-state index contributed by atoms with van der Waals surface area (Å²) < 4.78 is 5.32. The zero-order valence-electron chi connectivity index (χ0n) is 12.5. The van der Waals surface area contributed by atoms with Gasteiger partial charge in [0.05, 0.1) is 6.54 Å². The van der Waals surface area contributed by atoms with Crippen molar-refractivity contribution in [2.24, 2.45) is 5.92 Å². The minimum absolute atomic E-state index is 0.127. The van der Waals surface area contributed by atoms with E-state index in [4.69, 9.17) is 4.74 Å². The minimum Gasteiger partial charge on any atom is -0.444 e. The van der Waals surface area contributed by atoms with Crippen molar-refractivity contribution < 1.29 is 14.3 Å². The van der Waals surface area contributed by atoms with E-state index in [1.54, 1.807) is 0 Å². The molecule has 0 saturated heterocycles. The molecule has 0 aromatic heterocycles. The van der Waals surface area contributed by atoms with Crippen LogP contribution in [0.2, 0.25) is 0 Å². The Balaban J connectivity index is 2.42. The van der Waals surface area contributed by atoms with E-state index in [9.17, 15) is 9.59 Å². The first-order valence-electron chi connectivity index (χ1n) is 7.34. The molecule has 0 radical (unpaired) electrons. The maximum atomic E-state index is 12.0. The van der Waals surface area contributed by atoms with E-state index < -0.39 is 5.60 Å². The highest BCUT2D eigenvalue weighted by molar-refractivity contribution is 5.71. The molecule has 1 amide bonds. The third kappa shape index (κ3) is 6.60. The number of nitrogens with zero attached hydrogens (tertiary/aromatic N) is 1. The predicted octanol–water partition coefficient (Wildman–Crippen LogP) is 3.39. The lowest BCUT2D eigenvalue weighted by Crippen LogP contribution is -2.39. The second kappa shape index (κ2) is 7.51. The van der Waals surface area contributed by atoms with E-state index >= 15 is 0 Å². The predicted molar refractivity (Wildman–Crippen MR) is 75.1 cm³/mol. The van der Waals surface area contributed by atoms with Crippen molar-refractivity contribution in [1.29, 1.82) is 0 Å². The van der Waals surface area contributed by atoms with Crippen LogP contribution in [0.5, 0.6) is 0 Å². The van der Waals surface area contributed by atoms with Crippen LogP contribution in [0.3, 0.4) is 0 Å². The monoisotopic (exact) mass is 269 g/mol. The molecule has 0 bridgehead atoms. The fourth-order valence-electron chi connectivity index (χ4n) is 2.49. The highest BCUT2D eigenvalue weighted by Crippen LogP contribution is 2.26. The Hall–Kier alpha value is -1.06. The van der Waals surface area contributed by atoms with Crippen LogP contribution in [0.15, 0.2) is 0 Å². The van der Waals surface area contributed by atoms with Crippen LogP contribution in [-0.2, 0) is 9.53 Å². The van der Waals surface area contributed by atoms with Crippen LogP contribution >= 0.6 is 0 Å². The number of amides is 1. The molecule has 0 heterocycles. The van der Waals surface area contributed by atoms with Gasteiger partial charge in [0.25, 0.3) is 0 Å². The second-order valence-electron chi connectivity index (χ2n) is 6.39. The largest absolute Gasteiger partial charge is 0.444 e. The number of aldehydes is 1. The van der Waals surface area contributed by atoms with E-state index in [0.29, 0.717) is 12.5 Å². The summed E-state index contributed by atoms with van der Waals surface area (Å²) in [5.74, 6) is 0.699. The van der Waals surface area contributed by atoms with E-state index in [1.807, 2.05) is 20.8 Å². The number of carbonyl (C=O) groups excluding carboxylic acids is 2. The Morgan fingerprint density at radius 1 is 1.26 bits per heavy atom. The number of hydrogen-bond acceptors (Lipinski definition) is 3. The molecule has 110 valence electrons. The van der Waals surface area contributed by atoms with Gasteiger partial charge in [-0.1, -0.05) is 32.1 Å². The van der Waals surface area contributed by atoms with E-state index in [-0.39, 0.29) is 12.6 Å². The molecule has 0 spiro atoms. The van der Waals surface area contributed by atoms with Crippen molar-refractivity contribution in [2.75, 3.05) is 13.1 Å². The van der Waals surface area contributed by atoms with Crippen molar-refractivity contribution in [1.82, 2.24) is 4.90 Å². The van der Waals surface area contributed by atoms with Gasteiger partial charge in [-0.15, -0.1) is 0 Å². The number of rotatable bonds is 5. The van der Waals surface area contributed by atoms with Crippen molar-refractivity contribution >= 4 is 12.4 Å². The summed E-state index contributed by atoms with van der Waals surface area (Å²) in [5, 5.41) is 0. The zero-order valence-corrected chi connectivity index (χ0v) is 12.5. The van der Waals surface area contributed by atoms with E-state index in [0.717, 1.165) is 12.7 Å². The average Bonchev–Trinajstić information content (AvgIpc) is 2.33. The average molecular weight is 269 g/mol. The standard InChI is InChI=1S/C15H27NO3/c1-15(2,3)19-14(18)16(11-12-17)10-9-13-7-5-4-6-8-13/h12-13H,4-11H2,1-3H3. The summed E-state index contributed by atoms with van der Waals surface area (Å²) in [6, 6.07) is 0. The van der Waals surface area contributed by atoms with Gasteiger partial charge in [0.1, 0.15) is 11.9 Å². The van der Waals surface area contributed by atoms with Gasteiger partial charge in [-0.3, -0.25) is 0 Å². The first kappa shape index (κ1) is 16.0. The summed E-state index contributed by atoms with van der Waals surface area (Å²) in [7, 11) is 0. The van der Waals surface area contributed by atoms with Crippen LogP contribution in [-0.4, -0.2) is 36.0 Å². The molecule has 1 rings (SSSR count). The number of ether oxygens (including phenoxy) is 1. The van der Waals surface area contributed by atoms with Crippen LogP contribution in [0.4, 0.5) is 4.79 Å². The fraction of sp³-hybridized carbons (Fsp3) is 0.867. The molecule has 19 heavy (non-hydrogen) atoms. The molecule has 0 aromatic carbocycles. The lowest BCUT2D eigenvalue weighted by Gasteiger charge is -2.28. The van der Waals surface area contributed by atoms with Gasteiger partial charge in [0.2, 0.25) is 0 Å². The van der Waals surface area contributed by atoms with Gasteiger partial charge < -0.3 is 14.4 Å². The van der Waals surface area contributed by atoms with Gasteiger partial charge in [-0.05, 0) is 33.1 Å². The molecule has 1 aliphatic carbocycles. The molecule has 0 atom stereocenters. The molecule has 1 fully saturated rings. The molecule has 4 nitrogen and oxygen atoms in total. The lowest BCUT2D eigenvalue weighted by atomic mass is 9.87. The van der Waals surface area contributed by atoms with Gasteiger partial charge in [0.15, 0.2) is 0 Å². The summed E-state index contributed by atoms with van der Waals surface area (Å²) in [6.07, 6.45) is 7.80. The molecule has 0 unspecified atom stereocenters. The SMILES string of the molecule is CC(C)(C)OC(=O)N(CC=O)CCC1CCCCC1. The molecule has 1 aliphatic rings. The highest BCUT2D eigenvalue weighted by atomic mass is 16.6. The Labute approximate surface area is 116 Å². The van der Waals surface area contributed by atoms with E-state index in [1.165, 1.54) is 37.0 Å². The number of carbonyl (C=O) groups is 2. The van der Waals surface area contributed by atoms with Crippen molar-refractivity contribution in [3.63, 3.8) is 0 Å². The quantitative estimate of drug-likeness (QED) is 0.719. The van der Waals surface area contributed by atoms with Gasteiger partial charge in [0, 0.05) is 6.54 Å². The van der Waals surface area contributed by atoms with Crippen molar-refractivity contribution in [3.05, 3.63) is 0 Å². The lowest BCUT2D eigenvalue weighted by molar-refractivity contribution is -0.109. The third-order valence-electron chi connectivity index (χ3n) is 3.48. The van der Waals surface area contributed by atoms with E-state index in [2.05, 4.69) is 0 Å². The summed E-state index contributed by atoms with van der Waals surface area (Å²) in [4.78, 5) is 24.2. The Morgan fingerprint density at radius 2 is 1.89 bits per heavy atom. The Kier molecular flexibility index (Phi) is 6.32. The van der Waals surface area contributed by atoms with Crippen LogP contribution < -0.4 is 0 Å². The molecular weight excluding hydrogens is 242 g/mol. The van der Waals surface area contributed by atoms with Crippen molar-refractivity contribution in [3.8, 4) is 0 Å². The van der Waals surface area contributed by atoms with Crippen LogP contribution in [0.1, 0.15) is 59.3 Å². The number of hydrogen-bond donors (Lipinski definition) is 0. The Bertz CT molecular complexity index is 290. The first-order valence-corrected chi connectivity index (χ1v) is 7.34. The molecule has 0 aromatic rings. The molecule has 0 N–H and O–H groups in total. The summed E-state index contributed by atoms with van der Waals surface area (Å²) >= 11 is 0. The zero-order chi connectivity index (χ0) is 14.3. The molecule has 1 saturated carbocycles. The van der Waals surface area contributed by atoms with Gasteiger partial charge >= 0.3 is 6.09 Å². The smallest absolute Gasteiger partial charge is 0.410 e. The maximum absolute atomic E-state index is 12.0. The molecular formula is C15H27NO3. The fourth-order valence-corrected chi connectivity index (χ4v) is 2.49. The second-order valence-corrected chi connectivity index (χ2v) is 6.39. The summed E-state index contributed by atoms with van der Waals surface area (Å²) in [5.41, 5.74) is -0.511. The first-order chi connectivity index (χ1) is 8.92. The topological polar surface area (TPSA) is 46.6 Å². The minimum atomic E-state index is -0.511. The molecule has 0 aliphatic heterocycles. The van der Waals surface area contributed by atoms with Gasteiger partial charge in [-0.2, -0.15) is 0 Å². The highest BCUT2D eigenvalue weighted by Gasteiger charge is 2.23. The normalized spacial score (nSPS) is 17.0. The van der Waals surface area contributed by atoms with Crippen molar-refractivity contribution in [2.45, 2.75) is 64.9 Å². The summed E-state index contributed by atoms with van der Waals surface area (Å²) in [6.45, 7) is 6.27. The van der Waals surface area contributed by atoms with Gasteiger partial charge in [-0.25, -0.2) is 4.79 Å². The van der Waals surface area contributed by atoms with Crippen LogP contribution in [0.25, 0.3) is 0 Å².